The molecule has 0 spiro atoms. The molecule has 9 heteroatoms. The van der Waals surface area contributed by atoms with Crippen molar-refractivity contribution in [3.8, 4) is 0 Å². The first-order valence-electron chi connectivity index (χ1n) is 5.89. The molecule has 1 aromatic heterocycles. The number of nitrogens with zero attached hydrogens (tertiary/aromatic N) is 1. The molecular weight excluding hydrogens is 307 g/mol. The first-order valence-corrected chi connectivity index (χ1v) is 7.38. The van der Waals surface area contributed by atoms with E-state index in [4.69, 9.17) is 0 Å². The Balaban J connectivity index is 2.39. The molecule has 2 aromatic rings. The van der Waals surface area contributed by atoms with Crippen molar-refractivity contribution >= 4 is 15.5 Å². The molecule has 0 aliphatic heterocycles. The molecule has 0 radical (unpaired) electrons. The zero-order chi connectivity index (χ0) is 15.7. The van der Waals surface area contributed by atoms with Crippen molar-refractivity contribution in [2.75, 3.05) is 5.32 Å². The molecule has 0 amide bonds. The van der Waals surface area contributed by atoms with Crippen molar-refractivity contribution in [2.24, 2.45) is 0 Å². The van der Waals surface area contributed by atoms with Crippen LogP contribution in [0.3, 0.4) is 0 Å². The van der Waals surface area contributed by atoms with Gasteiger partial charge < -0.3 is 10.3 Å². The Morgan fingerprint density at radius 3 is 2.52 bits per heavy atom. The van der Waals surface area contributed by atoms with Crippen molar-refractivity contribution < 1.29 is 21.6 Å². The number of aromatic amines is 1. The lowest BCUT2D eigenvalue weighted by atomic mass is 10.2. The van der Waals surface area contributed by atoms with E-state index in [1.165, 1.54) is 24.4 Å². The summed E-state index contributed by atoms with van der Waals surface area (Å²) >= 11 is 0. The van der Waals surface area contributed by atoms with Crippen LogP contribution >= 0.6 is 0 Å². The van der Waals surface area contributed by atoms with Crippen LogP contribution in [0.4, 0.5) is 18.9 Å². The van der Waals surface area contributed by atoms with Crippen LogP contribution in [0, 0.1) is 0 Å². The van der Waals surface area contributed by atoms with Crippen LogP contribution in [0.15, 0.2) is 41.6 Å². The number of rotatable bonds is 4. The Morgan fingerprint density at radius 2 is 1.95 bits per heavy atom. The highest BCUT2D eigenvalue weighted by molar-refractivity contribution is 7.92. The lowest BCUT2D eigenvalue weighted by Crippen LogP contribution is -2.24. The van der Waals surface area contributed by atoms with E-state index in [0.717, 1.165) is 6.07 Å². The van der Waals surface area contributed by atoms with Crippen molar-refractivity contribution in [1.82, 2.24) is 9.97 Å². The molecule has 0 saturated carbocycles. The molecular formula is C12H12F3N3O2S. The molecule has 2 rings (SSSR count). The fourth-order valence-electron chi connectivity index (χ4n) is 1.76. The molecule has 0 aliphatic rings. The van der Waals surface area contributed by atoms with E-state index in [-0.39, 0.29) is 5.69 Å². The van der Waals surface area contributed by atoms with Crippen LogP contribution in [-0.2, 0) is 9.84 Å². The van der Waals surface area contributed by atoms with Gasteiger partial charge in [-0.25, -0.2) is 13.4 Å². The summed E-state index contributed by atoms with van der Waals surface area (Å²) in [6, 6.07) is 4.40. The summed E-state index contributed by atoms with van der Waals surface area (Å²) in [7, 11) is -5.41. The van der Waals surface area contributed by atoms with Crippen molar-refractivity contribution in [3.63, 3.8) is 0 Å². The molecule has 1 aromatic carbocycles. The highest BCUT2D eigenvalue weighted by atomic mass is 32.2. The van der Waals surface area contributed by atoms with Crippen LogP contribution in [0.5, 0.6) is 0 Å². The number of nitrogens with one attached hydrogen (secondary N) is 2. The Morgan fingerprint density at radius 1 is 1.29 bits per heavy atom. The molecule has 0 fully saturated rings. The van der Waals surface area contributed by atoms with Crippen molar-refractivity contribution in [3.05, 3.63) is 42.5 Å². The lowest BCUT2D eigenvalue weighted by molar-refractivity contribution is -0.0435. The topological polar surface area (TPSA) is 74.8 Å². The van der Waals surface area contributed by atoms with Gasteiger partial charge in [-0.15, -0.1) is 0 Å². The van der Waals surface area contributed by atoms with E-state index in [9.17, 15) is 21.6 Å². The molecule has 0 aliphatic carbocycles. The minimum absolute atomic E-state index is 0.126. The van der Waals surface area contributed by atoms with E-state index in [0.29, 0.717) is 5.82 Å². The summed E-state index contributed by atoms with van der Waals surface area (Å²) in [4.78, 5) is 5.95. The Kier molecular flexibility index (Phi) is 3.95. The van der Waals surface area contributed by atoms with Crippen molar-refractivity contribution in [1.29, 1.82) is 0 Å². The van der Waals surface area contributed by atoms with Crippen LogP contribution in [0.1, 0.15) is 18.8 Å². The predicted molar refractivity (Wildman–Crippen MR) is 70.3 cm³/mol. The van der Waals surface area contributed by atoms with E-state index in [1.54, 1.807) is 13.1 Å². The maximum atomic E-state index is 12.7. The Hall–Kier alpha value is -2.03. The normalized spacial score (nSPS) is 13.9. The van der Waals surface area contributed by atoms with Gasteiger partial charge in [0.15, 0.2) is 0 Å². The summed E-state index contributed by atoms with van der Waals surface area (Å²) in [5, 5.41) is 2.72. The van der Waals surface area contributed by atoms with Crippen LogP contribution in [0.25, 0.3) is 0 Å². The van der Waals surface area contributed by atoms with Gasteiger partial charge in [0, 0.05) is 12.4 Å². The minimum atomic E-state index is -5.41. The lowest BCUT2D eigenvalue weighted by Gasteiger charge is -2.17. The number of aromatic nitrogens is 2. The molecule has 0 saturated heterocycles. The molecule has 114 valence electrons. The van der Waals surface area contributed by atoms with Gasteiger partial charge in [-0.05, 0) is 19.1 Å². The van der Waals surface area contributed by atoms with Gasteiger partial charge in [-0.2, -0.15) is 13.2 Å². The van der Waals surface area contributed by atoms with E-state index in [1.807, 2.05) is 0 Å². The summed E-state index contributed by atoms with van der Waals surface area (Å²) in [5.41, 5.74) is -5.47. The highest BCUT2D eigenvalue weighted by Crippen LogP contribution is 2.35. The largest absolute Gasteiger partial charge is 0.501 e. The Labute approximate surface area is 119 Å². The van der Waals surface area contributed by atoms with Crippen LogP contribution in [-0.4, -0.2) is 23.9 Å². The standard InChI is InChI=1S/C12H12F3N3O2S/c1-8(11-16-6-7-17-11)18-9-4-2-3-5-10(9)21(19,20)12(13,14)15/h2-8,18H,1H3,(H,16,17). The molecule has 2 N–H and O–H groups in total. The molecule has 0 bridgehead atoms. The SMILES string of the molecule is CC(Nc1ccccc1S(=O)(=O)C(F)(F)F)c1ncc[nH]1. The number of H-pyrrole nitrogens is 1. The number of hydrogen-bond donors (Lipinski definition) is 2. The highest BCUT2D eigenvalue weighted by Gasteiger charge is 2.48. The summed E-state index contributed by atoms with van der Waals surface area (Å²) < 4.78 is 61.1. The maximum Gasteiger partial charge on any atom is 0.501 e. The Bertz CT molecular complexity index is 712. The number of para-hydroxylation sites is 1. The maximum absolute atomic E-state index is 12.7. The van der Waals surface area contributed by atoms with Crippen LogP contribution < -0.4 is 5.32 Å². The zero-order valence-electron chi connectivity index (χ0n) is 10.8. The number of benzene rings is 1. The second-order valence-electron chi connectivity index (χ2n) is 4.29. The monoisotopic (exact) mass is 319 g/mol. The number of imidazole rings is 1. The van der Waals surface area contributed by atoms with E-state index >= 15 is 0 Å². The molecule has 1 heterocycles. The van der Waals surface area contributed by atoms with Gasteiger partial charge in [-0.1, -0.05) is 12.1 Å². The number of anilines is 1. The van der Waals surface area contributed by atoms with E-state index in [2.05, 4.69) is 15.3 Å². The summed E-state index contributed by atoms with van der Waals surface area (Å²) in [5.74, 6) is 0.481. The molecule has 1 unspecified atom stereocenters. The molecule has 1 atom stereocenters. The fourth-order valence-corrected chi connectivity index (χ4v) is 2.68. The summed E-state index contributed by atoms with van der Waals surface area (Å²) in [6.07, 6.45) is 3.05. The van der Waals surface area contributed by atoms with Gasteiger partial charge in [0.2, 0.25) is 0 Å². The zero-order valence-corrected chi connectivity index (χ0v) is 11.7. The number of hydrogen-bond acceptors (Lipinski definition) is 4. The first kappa shape index (κ1) is 15.4. The fraction of sp³-hybridized carbons (Fsp3) is 0.250. The predicted octanol–water partition coefficient (Wildman–Crippen LogP) is 2.88. The third-order valence-corrected chi connectivity index (χ3v) is 4.33. The second kappa shape index (κ2) is 5.40. The second-order valence-corrected chi connectivity index (χ2v) is 6.20. The summed E-state index contributed by atoms with van der Waals surface area (Å²) in [6.45, 7) is 1.65. The van der Waals surface area contributed by atoms with E-state index < -0.39 is 26.3 Å². The number of halogens is 3. The average molecular weight is 319 g/mol. The number of sulfone groups is 1. The van der Waals surface area contributed by atoms with Crippen LogP contribution in [0.2, 0.25) is 0 Å². The minimum Gasteiger partial charge on any atom is -0.374 e. The smallest absolute Gasteiger partial charge is 0.374 e. The number of alkyl halides is 3. The third kappa shape index (κ3) is 3.02. The van der Waals surface area contributed by atoms with Gasteiger partial charge in [0.1, 0.15) is 5.82 Å². The van der Waals surface area contributed by atoms with Gasteiger partial charge >= 0.3 is 5.51 Å². The average Bonchev–Trinajstić information content (AvgIpc) is 2.91. The first-order chi connectivity index (χ1) is 9.73. The quantitative estimate of drug-likeness (QED) is 0.908. The third-order valence-electron chi connectivity index (χ3n) is 2.78. The molecule has 5 nitrogen and oxygen atoms in total. The molecule has 21 heavy (non-hydrogen) atoms. The van der Waals surface area contributed by atoms with Gasteiger partial charge in [-0.3, -0.25) is 0 Å². The van der Waals surface area contributed by atoms with Crippen molar-refractivity contribution in [2.45, 2.75) is 23.4 Å². The van der Waals surface area contributed by atoms with Gasteiger partial charge in [0.25, 0.3) is 9.84 Å². The van der Waals surface area contributed by atoms with Gasteiger partial charge in [0.05, 0.1) is 16.6 Å².